The molecule has 0 aromatic carbocycles. The molecule has 0 saturated carbocycles. The first-order valence-electron chi connectivity index (χ1n) is 14.7. The van der Waals surface area contributed by atoms with Crippen LogP contribution in [-0.4, -0.2) is 42.0 Å². The molecule has 0 fully saturated rings. The highest BCUT2D eigenvalue weighted by atomic mass is 17.2. The van der Waals surface area contributed by atoms with E-state index >= 15 is 0 Å². The monoisotopic (exact) mass is 530 g/mol. The summed E-state index contributed by atoms with van der Waals surface area (Å²) in [6, 6.07) is 0. The molecule has 1 unspecified atom stereocenters. The van der Waals surface area contributed by atoms with Crippen LogP contribution in [0.25, 0.3) is 0 Å². The van der Waals surface area contributed by atoms with Gasteiger partial charge in [0.1, 0.15) is 0 Å². The molecule has 0 heterocycles. The fourth-order valence-electron chi connectivity index (χ4n) is 4.13. The summed E-state index contributed by atoms with van der Waals surface area (Å²) in [6.07, 6.45) is 24.2. The first-order chi connectivity index (χ1) is 17.9. The first-order valence-corrected chi connectivity index (χ1v) is 14.7. The number of aliphatic hydroxyl groups is 1. The second kappa shape index (κ2) is 24.6. The van der Waals surface area contributed by atoms with Crippen molar-refractivity contribution < 1.29 is 34.0 Å². The summed E-state index contributed by atoms with van der Waals surface area (Å²) in [7, 11) is 0. The van der Waals surface area contributed by atoms with Gasteiger partial charge in [-0.2, -0.15) is 0 Å². The Balaban J connectivity index is 3.56. The minimum atomic E-state index is -2.77. The molecule has 0 saturated heterocycles. The minimum absolute atomic E-state index is 0.0916. The first kappa shape index (κ1) is 35.3. The van der Waals surface area contributed by atoms with Gasteiger partial charge >= 0.3 is 17.8 Å². The van der Waals surface area contributed by atoms with Crippen molar-refractivity contribution in [3.05, 3.63) is 0 Å². The van der Waals surface area contributed by atoms with Crippen LogP contribution in [0, 0.1) is 0 Å². The zero-order valence-corrected chi connectivity index (χ0v) is 23.5. The maximum Gasteiger partial charge on any atom is 0.437 e. The number of hydrogen-bond donors (Lipinski definition) is 3. The van der Waals surface area contributed by atoms with E-state index in [2.05, 4.69) is 16.7 Å². The highest BCUT2D eigenvalue weighted by molar-refractivity contribution is 5.86. The quantitative estimate of drug-likeness (QED) is 0.0603. The third-order valence-electron chi connectivity index (χ3n) is 6.32. The molecule has 0 aliphatic rings. The Labute approximate surface area is 224 Å². The van der Waals surface area contributed by atoms with Gasteiger partial charge in [-0.3, -0.25) is 10.1 Å². The lowest BCUT2D eigenvalue weighted by Crippen LogP contribution is -2.58. The summed E-state index contributed by atoms with van der Waals surface area (Å²) < 4.78 is 4.80. The number of unbranched alkanes of at least 4 members (excludes halogenated alkanes) is 18. The van der Waals surface area contributed by atoms with Crippen molar-refractivity contribution >= 4 is 17.8 Å². The number of rotatable bonds is 25. The Morgan fingerprint density at radius 3 is 1.46 bits per heavy atom. The number of hydrogen-bond acceptors (Lipinski definition) is 8. The number of nitrogens with one attached hydrogen (secondary N) is 1. The zero-order valence-electron chi connectivity index (χ0n) is 23.5. The van der Waals surface area contributed by atoms with Crippen LogP contribution in [0.1, 0.15) is 142 Å². The van der Waals surface area contributed by atoms with Gasteiger partial charge in [0.2, 0.25) is 5.91 Å². The maximum absolute atomic E-state index is 11.9. The topological polar surface area (TPSA) is 137 Å². The van der Waals surface area contributed by atoms with Gasteiger partial charge in [0.25, 0.3) is 0 Å². The molecule has 0 aliphatic heterocycles. The van der Waals surface area contributed by atoms with E-state index in [1.807, 2.05) is 5.32 Å². The molecule has 37 heavy (non-hydrogen) atoms. The number of amides is 1. The summed E-state index contributed by atoms with van der Waals surface area (Å²) in [5.41, 5.74) is 5.14. The van der Waals surface area contributed by atoms with Crippen molar-refractivity contribution in [2.75, 3.05) is 13.2 Å². The number of carbonyl (C=O) groups is 3. The number of nitrogens with two attached hydrogens (primary N) is 1. The molecule has 0 radical (unpaired) electrons. The molecule has 4 N–H and O–H groups in total. The molecule has 9 nitrogen and oxygen atoms in total. The van der Waals surface area contributed by atoms with E-state index in [1.165, 1.54) is 103 Å². The Kier molecular flexibility index (Phi) is 23.5. The molecule has 9 heteroatoms. The summed E-state index contributed by atoms with van der Waals surface area (Å²) in [5, 5.41) is 11.9. The van der Waals surface area contributed by atoms with Gasteiger partial charge in [0.05, 0.1) is 13.0 Å². The maximum atomic E-state index is 11.9. The van der Waals surface area contributed by atoms with Crippen molar-refractivity contribution in [2.24, 2.45) is 5.73 Å². The van der Waals surface area contributed by atoms with Gasteiger partial charge in [0, 0.05) is 6.61 Å². The number of carbonyl (C=O) groups excluding carboxylic acids is 3. The SMILES string of the molecule is CCCCCCCCCCCCCCCCCCCCCC(=O)OOC(=O)C(O)(NC(=O)CN)OCC. The van der Waals surface area contributed by atoms with Crippen molar-refractivity contribution in [3.8, 4) is 0 Å². The molecule has 1 amide bonds. The van der Waals surface area contributed by atoms with E-state index in [-0.39, 0.29) is 13.0 Å². The Morgan fingerprint density at radius 1 is 0.676 bits per heavy atom. The summed E-state index contributed by atoms with van der Waals surface area (Å²) in [6.45, 7) is 3.18. The largest absolute Gasteiger partial charge is 0.437 e. The average Bonchev–Trinajstić information content (AvgIpc) is 2.88. The van der Waals surface area contributed by atoms with Crippen molar-refractivity contribution in [3.63, 3.8) is 0 Å². The van der Waals surface area contributed by atoms with E-state index in [0.29, 0.717) is 6.42 Å². The second-order valence-corrected chi connectivity index (χ2v) is 9.77. The molecule has 0 aromatic heterocycles. The van der Waals surface area contributed by atoms with Gasteiger partial charge < -0.3 is 15.6 Å². The third kappa shape index (κ3) is 21.0. The minimum Gasteiger partial charge on any atom is -0.340 e. The Morgan fingerprint density at radius 2 is 1.08 bits per heavy atom. The second-order valence-electron chi connectivity index (χ2n) is 9.77. The van der Waals surface area contributed by atoms with Gasteiger partial charge in [-0.1, -0.05) is 122 Å². The smallest absolute Gasteiger partial charge is 0.340 e. The van der Waals surface area contributed by atoms with Crippen LogP contribution >= 0.6 is 0 Å². The summed E-state index contributed by atoms with van der Waals surface area (Å²) in [5.74, 6) is -5.80. The van der Waals surface area contributed by atoms with E-state index in [4.69, 9.17) is 10.5 Å². The average molecular weight is 531 g/mol. The normalized spacial score (nSPS) is 12.6. The number of ether oxygens (including phenoxy) is 1. The molecular weight excluding hydrogens is 476 g/mol. The van der Waals surface area contributed by atoms with Crippen molar-refractivity contribution in [2.45, 2.75) is 148 Å². The zero-order chi connectivity index (χ0) is 27.6. The van der Waals surface area contributed by atoms with Crippen LogP contribution in [-0.2, 0) is 28.9 Å². The Hall–Kier alpha value is -1.71. The standard InChI is InChI=1S/C28H54N2O7/c1-3-5-6-7-8-9-10-11-12-13-14-15-16-17-18-19-20-21-22-23-26(32)36-37-27(33)28(34,35-4-2)30-25(31)24-29/h34H,3-24,29H2,1-2H3,(H,30,31). The highest BCUT2D eigenvalue weighted by Crippen LogP contribution is 2.15. The molecule has 0 bridgehead atoms. The predicted molar refractivity (Wildman–Crippen MR) is 144 cm³/mol. The van der Waals surface area contributed by atoms with E-state index < -0.39 is 30.3 Å². The van der Waals surface area contributed by atoms with E-state index in [9.17, 15) is 19.5 Å². The molecule has 0 spiro atoms. The van der Waals surface area contributed by atoms with Crippen LogP contribution < -0.4 is 11.1 Å². The Bertz CT molecular complexity index is 589. The van der Waals surface area contributed by atoms with Crippen molar-refractivity contribution in [1.82, 2.24) is 5.32 Å². The van der Waals surface area contributed by atoms with Crippen LogP contribution in [0.5, 0.6) is 0 Å². The molecule has 218 valence electrons. The van der Waals surface area contributed by atoms with Crippen molar-refractivity contribution in [1.29, 1.82) is 0 Å². The van der Waals surface area contributed by atoms with Gasteiger partial charge in [-0.05, 0) is 13.3 Å². The molecule has 0 aliphatic carbocycles. The molecular formula is C28H54N2O7. The van der Waals surface area contributed by atoms with Crippen LogP contribution in [0.3, 0.4) is 0 Å². The lowest BCUT2D eigenvalue weighted by molar-refractivity contribution is -0.300. The van der Waals surface area contributed by atoms with Gasteiger partial charge in [-0.25, -0.2) is 19.4 Å². The summed E-state index contributed by atoms with van der Waals surface area (Å²) in [4.78, 5) is 43.8. The fraction of sp³-hybridized carbons (Fsp3) is 0.893. The predicted octanol–water partition coefficient (Wildman–Crippen LogP) is 5.57. The van der Waals surface area contributed by atoms with Crippen LogP contribution in [0.2, 0.25) is 0 Å². The lowest BCUT2D eigenvalue weighted by atomic mass is 10.0. The molecule has 0 aromatic rings. The van der Waals surface area contributed by atoms with E-state index in [1.54, 1.807) is 0 Å². The summed E-state index contributed by atoms with van der Waals surface area (Å²) >= 11 is 0. The van der Waals surface area contributed by atoms with Crippen LogP contribution in [0.15, 0.2) is 0 Å². The highest BCUT2D eigenvalue weighted by Gasteiger charge is 2.42. The fourth-order valence-corrected chi connectivity index (χ4v) is 4.13. The van der Waals surface area contributed by atoms with Gasteiger partial charge in [-0.15, -0.1) is 0 Å². The van der Waals surface area contributed by atoms with E-state index in [0.717, 1.165) is 19.3 Å². The molecule has 1 atom stereocenters. The lowest BCUT2D eigenvalue weighted by Gasteiger charge is -2.24. The molecule has 0 rings (SSSR count). The van der Waals surface area contributed by atoms with Gasteiger partial charge in [0.15, 0.2) is 0 Å². The third-order valence-corrected chi connectivity index (χ3v) is 6.32. The van der Waals surface area contributed by atoms with Crippen LogP contribution in [0.4, 0.5) is 0 Å².